The Morgan fingerprint density at radius 1 is 1.05 bits per heavy atom. The van der Waals surface area contributed by atoms with E-state index in [1.807, 2.05) is 24.3 Å². The average molecular weight is 285 g/mol. The fourth-order valence-corrected chi connectivity index (χ4v) is 2.72. The second-order valence-corrected chi connectivity index (χ2v) is 5.09. The first-order valence-electron chi connectivity index (χ1n) is 6.65. The van der Waals surface area contributed by atoms with Crippen molar-refractivity contribution in [3.63, 3.8) is 0 Å². The first-order chi connectivity index (χ1) is 10.1. The molecular formula is C16H15NO4. The van der Waals surface area contributed by atoms with Crippen molar-refractivity contribution in [1.82, 2.24) is 5.32 Å². The van der Waals surface area contributed by atoms with Crippen LogP contribution in [0.4, 0.5) is 0 Å². The maximum absolute atomic E-state index is 12.3. The molecule has 0 heterocycles. The number of aromatic hydroxyl groups is 2. The number of hydrogen-bond acceptors (Lipinski definition) is 4. The van der Waals surface area contributed by atoms with Crippen molar-refractivity contribution in [2.75, 3.05) is 0 Å². The summed E-state index contributed by atoms with van der Waals surface area (Å²) in [4.78, 5) is 12.3. The summed E-state index contributed by atoms with van der Waals surface area (Å²) in [5.74, 6) is -1.21. The molecule has 5 nitrogen and oxygen atoms in total. The largest absolute Gasteiger partial charge is 0.507 e. The van der Waals surface area contributed by atoms with Crippen LogP contribution in [0.25, 0.3) is 0 Å². The Morgan fingerprint density at radius 3 is 2.43 bits per heavy atom. The molecule has 2 atom stereocenters. The highest BCUT2D eigenvalue weighted by atomic mass is 16.3. The Morgan fingerprint density at radius 2 is 1.71 bits per heavy atom. The Hall–Kier alpha value is -2.53. The highest BCUT2D eigenvalue weighted by Gasteiger charge is 2.33. The number of carbonyl (C=O) groups is 1. The van der Waals surface area contributed by atoms with Gasteiger partial charge in [-0.2, -0.15) is 0 Å². The predicted molar refractivity (Wildman–Crippen MR) is 76.1 cm³/mol. The van der Waals surface area contributed by atoms with Crippen LogP contribution in [0, 0.1) is 0 Å². The Kier molecular flexibility index (Phi) is 3.27. The molecule has 0 unspecified atom stereocenters. The van der Waals surface area contributed by atoms with Crippen LogP contribution in [-0.2, 0) is 6.42 Å². The lowest BCUT2D eigenvalue weighted by atomic mass is 10.1. The van der Waals surface area contributed by atoms with E-state index in [0.717, 1.165) is 11.1 Å². The van der Waals surface area contributed by atoms with Crippen LogP contribution in [0.15, 0.2) is 42.5 Å². The summed E-state index contributed by atoms with van der Waals surface area (Å²) in [6.07, 6.45) is -0.257. The van der Waals surface area contributed by atoms with Crippen LogP contribution in [0.5, 0.6) is 11.5 Å². The number of benzene rings is 2. The highest BCUT2D eigenvalue weighted by molar-refractivity contribution is 5.99. The number of carbonyl (C=O) groups excluding carboxylic acids is 1. The first-order valence-corrected chi connectivity index (χ1v) is 6.65. The molecule has 0 aliphatic heterocycles. The standard InChI is InChI=1S/C16H15NO4/c18-11-6-3-7-12(19)14(11)16(21)17-15-10-5-2-1-4-9(10)8-13(15)20/h1-7,13,15,18-20H,8H2,(H,17,21)/t13-,15+/m0/s1. The maximum Gasteiger partial charge on any atom is 0.259 e. The van der Waals surface area contributed by atoms with Gasteiger partial charge >= 0.3 is 0 Å². The molecular weight excluding hydrogens is 270 g/mol. The molecule has 2 aromatic carbocycles. The normalized spacial score (nSPS) is 20.0. The van der Waals surface area contributed by atoms with Crippen LogP contribution < -0.4 is 5.32 Å². The number of aliphatic hydroxyl groups is 1. The van der Waals surface area contributed by atoms with Crippen molar-refractivity contribution in [2.24, 2.45) is 0 Å². The van der Waals surface area contributed by atoms with Gasteiger partial charge in [0.2, 0.25) is 0 Å². The van der Waals surface area contributed by atoms with Crippen molar-refractivity contribution in [1.29, 1.82) is 0 Å². The maximum atomic E-state index is 12.3. The van der Waals surface area contributed by atoms with Gasteiger partial charge in [0.25, 0.3) is 5.91 Å². The third-order valence-corrected chi connectivity index (χ3v) is 3.74. The second kappa shape index (κ2) is 5.10. The van der Waals surface area contributed by atoms with E-state index in [-0.39, 0.29) is 17.1 Å². The number of fused-ring (bicyclic) bond motifs is 1. The molecule has 1 aliphatic rings. The summed E-state index contributed by atoms with van der Waals surface area (Å²) in [5.41, 5.74) is 1.65. The zero-order chi connectivity index (χ0) is 15.0. The number of rotatable bonds is 2. The van der Waals surface area contributed by atoms with Gasteiger partial charge in [-0.05, 0) is 23.3 Å². The number of amides is 1. The van der Waals surface area contributed by atoms with E-state index in [9.17, 15) is 20.1 Å². The van der Waals surface area contributed by atoms with Gasteiger partial charge < -0.3 is 20.6 Å². The van der Waals surface area contributed by atoms with E-state index < -0.39 is 18.1 Å². The first kappa shape index (κ1) is 13.5. The number of hydrogen-bond donors (Lipinski definition) is 4. The summed E-state index contributed by atoms with van der Waals surface area (Å²) >= 11 is 0. The molecule has 5 heteroatoms. The Balaban J connectivity index is 1.89. The smallest absolute Gasteiger partial charge is 0.259 e. The van der Waals surface area contributed by atoms with Crippen molar-refractivity contribution >= 4 is 5.91 Å². The summed E-state index contributed by atoms with van der Waals surface area (Å²) in [6, 6.07) is 11.0. The SMILES string of the molecule is O=C(N[C@@H]1c2ccccc2C[C@@H]1O)c1c(O)cccc1O. The zero-order valence-electron chi connectivity index (χ0n) is 11.2. The molecule has 21 heavy (non-hydrogen) atoms. The minimum absolute atomic E-state index is 0.186. The molecule has 2 aromatic rings. The predicted octanol–water partition coefficient (Wildman–Crippen LogP) is 1.49. The zero-order valence-corrected chi connectivity index (χ0v) is 11.2. The van der Waals surface area contributed by atoms with E-state index in [2.05, 4.69) is 5.32 Å². The molecule has 0 saturated heterocycles. The second-order valence-electron chi connectivity index (χ2n) is 5.09. The van der Waals surface area contributed by atoms with Gasteiger partial charge in [0.15, 0.2) is 0 Å². The molecule has 0 bridgehead atoms. The van der Waals surface area contributed by atoms with E-state index in [1.165, 1.54) is 18.2 Å². The topological polar surface area (TPSA) is 89.8 Å². The Bertz CT molecular complexity index is 678. The van der Waals surface area contributed by atoms with Gasteiger partial charge in [-0.25, -0.2) is 0 Å². The fourth-order valence-electron chi connectivity index (χ4n) is 2.72. The third kappa shape index (κ3) is 2.32. The lowest BCUT2D eigenvalue weighted by Crippen LogP contribution is -2.33. The van der Waals surface area contributed by atoms with E-state index in [0.29, 0.717) is 6.42 Å². The van der Waals surface area contributed by atoms with Gasteiger partial charge in [-0.15, -0.1) is 0 Å². The third-order valence-electron chi connectivity index (χ3n) is 3.74. The molecule has 0 saturated carbocycles. The molecule has 1 amide bonds. The van der Waals surface area contributed by atoms with E-state index >= 15 is 0 Å². The minimum atomic E-state index is -0.723. The van der Waals surface area contributed by atoms with E-state index in [1.54, 1.807) is 0 Å². The van der Waals surface area contributed by atoms with Gasteiger partial charge in [-0.1, -0.05) is 30.3 Å². The summed E-state index contributed by atoms with van der Waals surface area (Å²) < 4.78 is 0. The summed E-state index contributed by atoms with van der Waals surface area (Å²) in [7, 11) is 0. The molecule has 3 rings (SSSR count). The number of aliphatic hydroxyl groups excluding tert-OH is 1. The quantitative estimate of drug-likeness (QED) is 0.673. The van der Waals surface area contributed by atoms with Crippen LogP contribution in [0.3, 0.4) is 0 Å². The molecule has 0 radical (unpaired) electrons. The van der Waals surface area contributed by atoms with Crippen LogP contribution in [-0.4, -0.2) is 27.3 Å². The van der Waals surface area contributed by atoms with E-state index in [4.69, 9.17) is 0 Å². The van der Waals surface area contributed by atoms with Crippen molar-refractivity contribution < 1.29 is 20.1 Å². The highest BCUT2D eigenvalue weighted by Crippen LogP contribution is 2.33. The molecule has 108 valence electrons. The average Bonchev–Trinajstić information content (AvgIpc) is 2.75. The van der Waals surface area contributed by atoms with Gasteiger partial charge in [0.1, 0.15) is 17.1 Å². The number of nitrogens with one attached hydrogen (secondary N) is 1. The van der Waals surface area contributed by atoms with Crippen LogP contribution in [0.2, 0.25) is 0 Å². The van der Waals surface area contributed by atoms with Gasteiger partial charge in [0, 0.05) is 6.42 Å². The van der Waals surface area contributed by atoms with Gasteiger partial charge in [-0.3, -0.25) is 4.79 Å². The van der Waals surface area contributed by atoms with Crippen LogP contribution >= 0.6 is 0 Å². The van der Waals surface area contributed by atoms with Crippen molar-refractivity contribution in [3.05, 3.63) is 59.2 Å². The molecule has 4 N–H and O–H groups in total. The minimum Gasteiger partial charge on any atom is -0.507 e. The van der Waals surface area contributed by atoms with Crippen LogP contribution in [0.1, 0.15) is 27.5 Å². The molecule has 1 aliphatic carbocycles. The van der Waals surface area contributed by atoms with Gasteiger partial charge in [0.05, 0.1) is 12.1 Å². The Labute approximate surface area is 121 Å². The van der Waals surface area contributed by atoms with Crippen molar-refractivity contribution in [2.45, 2.75) is 18.6 Å². The lowest BCUT2D eigenvalue weighted by Gasteiger charge is -2.18. The van der Waals surface area contributed by atoms with Crippen molar-refractivity contribution in [3.8, 4) is 11.5 Å². The number of phenolic OH excluding ortho intramolecular Hbond substituents is 2. The summed E-state index contributed by atoms with van der Waals surface area (Å²) in [5, 5.41) is 32.2. The fraction of sp³-hybridized carbons (Fsp3) is 0.188. The molecule has 0 fully saturated rings. The molecule has 0 spiro atoms. The lowest BCUT2D eigenvalue weighted by molar-refractivity contribution is 0.0853. The number of phenols is 2. The summed E-state index contributed by atoms with van der Waals surface area (Å²) in [6.45, 7) is 0. The monoisotopic (exact) mass is 285 g/mol. The molecule has 0 aromatic heterocycles.